The molecule has 0 bridgehead atoms. The Kier molecular flexibility index (Phi) is 17.9. The van der Waals surface area contributed by atoms with Crippen LogP contribution in [-0.2, 0) is 58.7 Å². The summed E-state index contributed by atoms with van der Waals surface area (Å²) in [5.74, 6) is 0.262. The summed E-state index contributed by atoms with van der Waals surface area (Å²) in [4.78, 5) is 45.8. The Bertz CT molecular complexity index is 1430. The third-order valence-electron chi connectivity index (χ3n) is 5.53. The number of carbonyl (C=O) groups excluding carboxylic acids is 4. The van der Waals surface area contributed by atoms with E-state index in [-0.39, 0.29) is 47.8 Å². The first-order valence-corrected chi connectivity index (χ1v) is 19.0. The fraction of sp³-hybridized carbons (Fsp3) is 0.429. The van der Waals surface area contributed by atoms with Crippen molar-refractivity contribution in [1.29, 1.82) is 0 Å². The molecule has 0 heterocycles. The molecule has 0 radical (unpaired) electrons. The molecule has 15 nitrogen and oxygen atoms in total. The monoisotopic (exact) mass is 738 g/mol. The third kappa shape index (κ3) is 18.1. The smallest absolute Gasteiger partial charge is 0.457 e. The first-order chi connectivity index (χ1) is 22.3. The summed E-state index contributed by atoms with van der Waals surface area (Å²) in [7, 11) is -9.43. The van der Waals surface area contributed by atoms with E-state index >= 15 is 0 Å². The maximum Gasteiger partial charge on any atom is 0.510 e. The molecule has 1 N–H and O–H groups in total. The number of para-hydroxylation sites is 1. The van der Waals surface area contributed by atoms with Crippen LogP contribution < -0.4 is 4.74 Å². The van der Waals surface area contributed by atoms with Gasteiger partial charge >= 0.3 is 19.9 Å². The molecule has 0 aromatic heterocycles. The van der Waals surface area contributed by atoms with Gasteiger partial charge in [0.25, 0.3) is 10.1 Å². The number of carbonyl (C=O) groups is 4. The van der Waals surface area contributed by atoms with E-state index in [1.54, 1.807) is 48.5 Å². The van der Waals surface area contributed by atoms with Crippen molar-refractivity contribution in [2.24, 2.45) is 0 Å². The van der Waals surface area contributed by atoms with Crippen LogP contribution in [0, 0.1) is 0 Å². The second kappa shape index (κ2) is 21.0. The molecule has 0 aliphatic rings. The van der Waals surface area contributed by atoms with Gasteiger partial charge in [-0.15, -0.1) is 0 Å². The quantitative estimate of drug-likeness (QED) is 0.0571. The summed E-state index contributed by atoms with van der Waals surface area (Å²) < 4.78 is 82.9. The second-order valence-corrected chi connectivity index (χ2v) is 15.6. The Morgan fingerprint density at radius 3 is 1.83 bits per heavy atom. The first kappa shape index (κ1) is 40.1. The van der Waals surface area contributed by atoms with Crippen molar-refractivity contribution in [1.82, 2.24) is 0 Å². The van der Waals surface area contributed by atoms with E-state index in [4.69, 9.17) is 32.7 Å². The van der Waals surface area contributed by atoms with Gasteiger partial charge in [-0.3, -0.25) is 27.8 Å². The Balaban J connectivity index is 2.14. The van der Waals surface area contributed by atoms with E-state index in [1.165, 1.54) is 13.8 Å². The van der Waals surface area contributed by atoms with E-state index in [1.807, 2.05) is 6.07 Å². The van der Waals surface area contributed by atoms with Crippen LogP contribution in [0.2, 0.25) is 0 Å². The summed E-state index contributed by atoms with van der Waals surface area (Å²) >= 11 is 1.82. The lowest BCUT2D eigenvalue weighted by Crippen LogP contribution is -2.26. The molecule has 0 saturated carbocycles. The highest BCUT2D eigenvalue weighted by molar-refractivity contribution is 8.13. The van der Waals surface area contributed by atoms with Gasteiger partial charge in [-0.05, 0) is 42.7 Å². The number of aryl methyl sites for hydroxylation is 1. The van der Waals surface area contributed by atoms with Crippen LogP contribution >= 0.6 is 31.1 Å². The van der Waals surface area contributed by atoms with Gasteiger partial charge in [0.2, 0.25) is 13.6 Å². The molecule has 1 unspecified atom stereocenters. The topological polar surface area (TPSA) is 204 Å². The predicted molar refractivity (Wildman–Crippen MR) is 172 cm³/mol. The normalized spacial score (nSPS) is 12.1. The van der Waals surface area contributed by atoms with Gasteiger partial charge in [0.05, 0.1) is 11.4 Å². The summed E-state index contributed by atoms with van der Waals surface area (Å²) in [6, 6.07) is 15.7. The number of thioether (sulfide) groups is 2. The zero-order chi connectivity index (χ0) is 34.7. The van der Waals surface area contributed by atoms with Crippen LogP contribution in [0.4, 0.5) is 9.59 Å². The van der Waals surface area contributed by atoms with Gasteiger partial charge in [-0.2, -0.15) is 8.42 Å². The Labute approximate surface area is 280 Å². The van der Waals surface area contributed by atoms with E-state index < -0.39 is 55.0 Å². The number of hydrogen-bond acceptors (Lipinski definition) is 16. The molecule has 2 rings (SSSR count). The molecule has 0 fully saturated rings. The average molecular weight is 739 g/mol. The summed E-state index contributed by atoms with van der Waals surface area (Å²) in [5.41, 5.74) is -0.911. The zero-order valence-corrected chi connectivity index (χ0v) is 28.8. The van der Waals surface area contributed by atoms with Crippen molar-refractivity contribution in [2.45, 2.75) is 32.3 Å². The van der Waals surface area contributed by atoms with Crippen molar-refractivity contribution in [3.63, 3.8) is 0 Å². The molecule has 0 aliphatic carbocycles. The van der Waals surface area contributed by atoms with Gasteiger partial charge < -0.3 is 23.7 Å². The van der Waals surface area contributed by atoms with Crippen molar-refractivity contribution < 1.29 is 69.4 Å². The molecule has 0 amide bonds. The largest absolute Gasteiger partial charge is 0.510 e. The predicted octanol–water partition coefficient (Wildman–Crippen LogP) is 5.68. The van der Waals surface area contributed by atoms with Crippen molar-refractivity contribution in [3.05, 3.63) is 60.2 Å². The minimum absolute atomic E-state index is 0.0936. The highest BCUT2D eigenvalue weighted by Crippen LogP contribution is 2.55. The Morgan fingerprint density at radius 1 is 0.787 bits per heavy atom. The highest BCUT2D eigenvalue weighted by Gasteiger charge is 2.40. The van der Waals surface area contributed by atoms with Gasteiger partial charge in [0.1, 0.15) is 24.7 Å². The lowest BCUT2D eigenvalue weighted by Gasteiger charge is -2.25. The van der Waals surface area contributed by atoms with Crippen LogP contribution in [0.1, 0.15) is 25.8 Å². The minimum atomic E-state index is -4.77. The van der Waals surface area contributed by atoms with E-state index in [0.29, 0.717) is 17.1 Å². The van der Waals surface area contributed by atoms with E-state index in [0.717, 1.165) is 23.5 Å². The molecular weight excluding hydrogens is 703 g/mol. The van der Waals surface area contributed by atoms with E-state index in [9.17, 15) is 36.7 Å². The van der Waals surface area contributed by atoms with Gasteiger partial charge in [-0.1, -0.05) is 53.9 Å². The maximum absolute atomic E-state index is 14.0. The fourth-order valence-corrected chi connectivity index (χ4v) is 7.74. The van der Waals surface area contributed by atoms with Crippen LogP contribution in [0.3, 0.4) is 0 Å². The van der Waals surface area contributed by atoms with Crippen LogP contribution in [0.25, 0.3) is 0 Å². The highest BCUT2D eigenvalue weighted by atomic mass is 32.2. The lowest BCUT2D eigenvalue weighted by molar-refractivity contribution is -0.109. The average Bonchev–Trinajstić information content (AvgIpc) is 2.99. The minimum Gasteiger partial charge on any atom is -0.457 e. The molecule has 2 aromatic carbocycles. The Morgan fingerprint density at radius 2 is 1.32 bits per heavy atom. The van der Waals surface area contributed by atoms with Gasteiger partial charge in [0, 0.05) is 25.4 Å². The number of ether oxygens (including phenoxy) is 5. The number of rotatable bonds is 20. The fourth-order valence-electron chi connectivity index (χ4n) is 3.55. The maximum atomic E-state index is 14.0. The number of hydrogen-bond donors (Lipinski definition) is 1. The molecule has 0 saturated heterocycles. The zero-order valence-electron chi connectivity index (χ0n) is 25.5. The second-order valence-electron chi connectivity index (χ2n) is 9.20. The van der Waals surface area contributed by atoms with Gasteiger partial charge in [0.15, 0.2) is 10.2 Å². The SMILES string of the molecule is CC(=O)SCCOC(=O)OCOP(=O)(OCOC(=O)OCCSC(C)=O)C(CCc1cccc(Oc2ccccc2)c1)CS(=O)(=O)O. The summed E-state index contributed by atoms with van der Waals surface area (Å²) in [6.45, 7) is 0.233. The molecule has 1 atom stereocenters. The molecule has 2 aromatic rings. The summed E-state index contributed by atoms with van der Waals surface area (Å²) in [5, 5.41) is -0.380. The molecule has 19 heteroatoms. The van der Waals surface area contributed by atoms with E-state index in [2.05, 4.69) is 0 Å². The van der Waals surface area contributed by atoms with Crippen LogP contribution in [0.15, 0.2) is 54.6 Å². The van der Waals surface area contributed by atoms with Gasteiger partial charge in [-0.25, -0.2) is 9.59 Å². The lowest BCUT2D eigenvalue weighted by atomic mass is 10.1. The van der Waals surface area contributed by atoms with Crippen LogP contribution in [-0.4, -0.2) is 85.2 Å². The van der Waals surface area contributed by atoms with Crippen molar-refractivity contribution >= 4 is 63.8 Å². The molecule has 0 spiro atoms. The summed E-state index contributed by atoms with van der Waals surface area (Å²) in [6.07, 6.45) is -2.60. The third-order valence-corrected chi connectivity index (χ3v) is 10.4. The molecular formula is C28H35O15PS3. The molecule has 260 valence electrons. The van der Waals surface area contributed by atoms with Crippen molar-refractivity contribution in [2.75, 3.05) is 44.1 Å². The standard InChI is InChI=1S/C28H35O15PS3/c1-21(29)45-15-13-37-27(31)39-19-41-44(33,42-20-40-28(32)38-14-16-46-22(2)30)26(18-47(34,35)36)12-11-23-7-6-10-25(17-23)43-24-8-4-3-5-9-24/h3-10,17,26H,11-16,18-20H2,1-2H3,(H,34,35,36). The molecule has 0 aliphatic heterocycles. The number of benzene rings is 2. The first-order valence-electron chi connectivity index (χ1n) is 13.8. The van der Waals surface area contributed by atoms with Crippen molar-refractivity contribution in [3.8, 4) is 11.5 Å². The molecule has 47 heavy (non-hydrogen) atoms. The van der Waals surface area contributed by atoms with Crippen LogP contribution in [0.5, 0.6) is 11.5 Å². The Hall–Kier alpha value is -3.12.